The minimum atomic E-state index is -0.282. The number of Topliss-reactive ketones (excluding diaryl/α,β-unsaturated/α-hetero) is 1. The van der Waals surface area contributed by atoms with Crippen LogP contribution in [0.2, 0.25) is 0 Å². The second kappa shape index (κ2) is 6.17. The van der Waals surface area contributed by atoms with E-state index in [0.717, 1.165) is 3.57 Å². The fourth-order valence-electron chi connectivity index (χ4n) is 1.65. The summed E-state index contributed by atoms with van der Waals surface area (Å²) in [5.41, 5.74) is 1.01. The third-order valence-corrected chi connectivity index (χ3v) is 3.55. The SMILES string of the molecule is CN(C)c1cnn(CC(=O)c2ccc(I)cc2)c(=O)c1. The highest BCUT2D eigenvalue weighted by Gasteiger charge is 2.09. The lowest BCUT2D eigenvalue weighted by atomic mass is 10.1. The average Bonchev–Trinajstić information content (AvgIpc) is 2.41. The summed E-state index contributed by atoms with van der Waals surface area (Å²) in [4.78, 5) is 25.8. The average molecular weight is 383 g/mol. The molecule has 5 nitrogen and oxygen atoms in total. The first-order valence-electron chi connectivity index (χ1n) is 6.00. The van der Waals surface area contributed by atoms with Crippen LogP contribution in [0.4, 0.5) is 5.69 Å². The molecule has 0 radical (unpaired) electrons. The zero-order valence-corrected chi connectivity index (χ0v) is 13.4. The molecule has 0 spiro atoms. The van der Waals surface area contributed by atoms with Crippen molar-refractivity contribution in [2.45, 2.75) is 6.54 Å². The summed E-state index contributed by atoms with van der Waals surface area (Å²) in [6.45, 7) is -0.0485. The summed E-state index contributed by atoms with van der Waals surface area (Å²) in [6, 6.07) is 8.69. The number of nitrogens with zero attached hydrogens (tertiary/aromatic N) is 3. The van der Waals surface area contributed by atoms with Gasteiger partial charge in [0.05, 0.1) is 11.9 Å². The van der Waals surface area contributed by atoms with E-state index in [0.29, 0.717) is 11.3 Å². The number of benzene rings is 1. The maximum absolute atomic E-state index is 12.1. The Labute approximate surface area is 130 Å². The molecule has 0 unspecified atom stereocenters. The van der Waals surface area contributed by atoms with Gasteiger partial charge >= 0.3 is 0 Å². The van der Waals surface area contributed by atoms with Gasteiger partial charge in [-0.05, 0) is 34.7 Å². The Morgan fingerprint density at radius 1 is 1.30 bits per heavy atom. The zero-order chi connectivity index (χ0) is 14.7. The fraction of sp³-hybridized carbons (Fsp3) is 0.214. The normalized spacial score (nSPS) is 10.3. The van der Waals surface area contributed by atoms with Gasteiger partial charge in [0.15, 0.2) is 5.78 Å². The van der Waals surface area contributed by atoms with E-state index in [-0.39, 0.29) is 17.9 Å². The molecule has 0 amide bonds. The molecule has 0 saturated carbocycles. The lowest BCUT2D eigenvalue weighted by Gasteiger charge is -2.12. The Balaban J connectivity index is 2.20. The van der Waals surface area contributed by atoms with Gasteiger partial charge in [-0.15, -0.1) is 0 Å². The molecular formula is C14H14IN3O2. The number of halogens is 1. The Morgan fingerprint density at radius 2 is 1.95 bits per heavy atom. The van der Waals surface area contributed by atoms with Crippen LogP contribution >= 0.6 is 22.6 Å². The van der Waals surface area contributed by atoms with Gasteiger partial charge in [0, 0.05) is 29.3 Å². The van der Waals surface area contributed by atoms with E-state index in [4.69, 9.17) is 0 Å². The Hall–Kier alpha value is -1.70. The van der Waals surface area contributed by atoms with Crippen molar-refractivity contribution in [3.8, 4) is 0 Å². The number of anilines is 1. The van der Waals surface area contributed by atoms with E-state index in [9.17, 15) is 9.59 Å². The standard InChI is InChI=1S/C14H14IN3O2/c1-17(2)12-7-14(20)18(16-8-12)9-13(19)10-3-5-11(15)6-4-10/h3-8H,9H2,1-2H3. The molecule has 20 heavy (non-hydrogen) atoms. The third-order valence-electron chi connectivity index (χ3n) is 2.83. The molecule has 0 fully saturated rings. The summed E-state index contributed by atoms with van der Waals surface area (Å²) in [5, 5.41) is 4.02. The lowest BCUT2D eigenvalue weighted by Crippen LogP contribution is -2.27. The van der Waals surface area contributed by atoms with Crippen LogP contribution < -0.4 is 10.5 Å². The van der Waals surface area contributed by atoms with E-state index in [1.165, 1.54) is 10.7 Å². The van der Waals surface area contributed by atoms with E-state index in [1.807, 2.05) is 26.2 Å². The zero-order valence-electron chi connectivity index (χ0n) is 11.2. The molecule has 0 saturated heterocycles. The van der Waals surface area contributed by atoms with Crippen molar-refractivity contribution in [3.05, 3.63) is 56.0 Å². The molecule has 0 bridgehead atoms. The predicted molar refractivity (Wildman–Crippen MR) is 86.3 cm³/mol. The Morgan fingerprint density at radius 3 is 2.50 bits per heavy atom. The number of hydrogen-bond acceptors (Lipinski definition) is 4. The van der Waals surface area contributed by atoms with Gasteiger partial charge in [-0.25, -0.2) is 4.68 Å². The van der Waals surface area contributed by atoms with E-state index in [2.05, 4.69) is 27.7 Å². The second-order valence-electron chi connectivity index (χ2n) is 4.53. The third kappa shape index (κ3) is 3.44. The number of carbonyl (C=O) groups is 1. The maximum Gasteiger partial charge on any atom is 0.269 e. The van der Waals surface area contributed by atoms with Gasteiger partial charge in [-0.2, -0.15) is 5.10 Å². The van der Waals surface area contributed by atoms with Gasteiger partial charge < -0.3 is 4.90 Å². The summed E-state index contributed by atoms with van der Waals surface area (Å²) in [6.07, 6.45) is 1.57. The molecule has 6 heteroatoms. The van der Waals surface area contributed by atoms with Crippen LogP contribution in [0.5, 0.6) is 0 Å². The molecule has 104 valence electrons. The first-order chi connectivity index (χ1) is 9.47. The fourth-order valence-corrected chi connectivity index (χ4v) is 2.01. The van der Waals surface area contributed by atoms with Crippen molar-refractivity contribution in [1.82, 2.24) is 9.78 Å². The molecule has 1 aromatic heterocycles. The van der Waals surface area contributed by atoms with Crippen molar-refractivity contribution >= 4 is 34.1 Å². The highest BCUT2D eigenvalue weighted by molar-refractivity contribution is 14.1. The summed E-state index contributed by atoms with van der Waals surface area (Å²) < 4.78 is 2.23. The first kappa shape index (κ1) is 14.7. The number of ketones is 1. The van der Waals surface area contributed by atoms with Crippen molar-refractivity contribution in [2.75, 3.05) is 19.0 Å². The van der Waals surface area contributed by atoms with Crippen molar-refractivity contribution < 1.29 is 4.79 Å². The van der Waals surface area contributed by atoms with Gasteiger partial charge in [0.1, 0.15) is 6.54 Å². The molecule has 2 rings (SSSR count). The molecule has 0 aliphatic rings. The van der Waals surface area contributed by atoms with E-state index < -0.39 is 0 Å². The van der Waals surface area contributed by atoms with Crippen LogP contribution in [-0.4, -0.2) is 29.7 Å². The molecule has 0 atom stereocenters. The highest BCUT2D eigenvalue weighted by atomic mass is 127. The Kier molecular flexibility index (Phi) is 4.53. The van der Waals surface area contributed by atoms with Crippen molar-refractivity contribution in [1.29, 1.82) is 0 Å². The van der Waals surface area contributed by atoms with Gasteiger partial charge in [0.2, 0.25) is 0 Å². The lowest BCUT2D eigenvalue weighted by molar-refractivity contribution is 0.0965. The molecule has 2 aromatic rings. The minimum absolute atomic E-state index is 0.0485. The summed E-state index contributed by atoms with van der Waals surface area (Å²) in [7, 11) is 3.66. The number of aromatic nitrogens is 2. The molecule has 0 N–H and O–H groups in total. The monoisotopic (exact) mass is 383 g/mol. The molecule has 0 aliphatic carbocycles. The second-order valence-corrected chi connectivity index (χ2v) is 5.78. The largest absolute Gasteiger partial charge is 0.376 e. The van der Waals surface area contributed by atoms with Crippen molar-refractivity contribution in [3.63, 3.8) is 0 Å². The smallest absolute Gasteiger partial charge is 0.269 e. The minimum Gasteiger partial charge on any atom is -0.376 e. The van der Waals surface area contributed by atoms with Crippen LogP contribution in [0, 0.1) is 3.57 Å². The number of hydrogen-bond donors (Lipinski definition) is 0. The van der Waals surface area contributed by atoms with Crippen LogP contribution in [0.1, 0.15) is 10.4 Å². The van der Waals surface area contributed by atoms with Crippen molar-refractivity contribution in [2.24, 2.45) is 0 Å². The number of rotatable bonds is 4. The van der Waals surface area contributed by atoms with Crippen LogP contribution in [0.3, 0.4) is 0 Å². The van der Waals surface area contributed by atoms with Gasteiger partial charge in [0.25, 0.3) is 5.56 Å². The first-order valence-corrected chi connectivity index (χ1v) is 7.08. The van der Waals surface area contributed by atoms with Gasteiger partial charge in [-0.3, -0.25) is 9.59 Å². The predicted octanol–water partition coefficient (Wildman–Crippen LogP) is 1.80. The molecule has 1 heterocycles. The van der Waals surface area contributed by atoms with E-state index >= 15 is 0 Å². The summed E-state index contributed by atoms with van der Waals surface area (Å²) in [5.74, 6) is -0.131. The molecular weight excluding hydrogens is 369 g/mol. The molecule has 0 aliphatic heterocycles. The Bertz CT molecular complexity index is 678. The van der Waals surface area contributed by atoms with Crippen LogP contribution in [0.15, 0.2) is 41.3 Å². The number of carbonyl (C=O) groups excluding carboxylic acids is 1. The maximum atomic E-state index is 12.1. The van der Waals surface area contributed by atoms with Crippen LogP contribution in [-0.2, 0) is 6.54 Å². The highest BCUT2D eigenvalue weighted by Crippen LogP contribution is 2.08. The summed E-state index contributed by atoms with van der Waals surface area (Å²) >= 11 is 2.17. The van der Waals surface area contributed by atoms with Crippen LogP contribution in [0.25, 0.3) is 0 Å². The van der Waals surface area contributed by atoms with Gasteiger partial charge in [-0.1, -0.05) is 12.1 Å². The quantitative estimate of drug-likeness (QED) is 0.597. The van der Waals surface area contributed by atoms with E-state index in [1.54, 1.807) is 23.2 Å². The topological polar surface area (TPSA) is 55.2 Å². The molecule has 1 aromatic carbocycles.